The number of hydrogen-bond acceptors (Lipinski definition) is 3. The van der Waals surface area contributed by atoms with Crippen LogP contribution in [-0.4, -0.2) is 14.6 Å². The molecule has 0 aliphatic carbocycles. The van der Waals surface area contributed by atoms with Crippen LogP contribution in [0, 0.1) is 5.82 Å². The molecule has 2 heterocycles. The molecular weight excluding hydrogens is 301 g/mol. The molecule has 0 spiro atoms. The van der Waals surface area contributed by atoms with Gasteiger partial charge in [-0.25, -0.2) is 13.9 Å². The normalized spacial score (nSPS) is 10.8. The lowest BCUT2D eigenvalue weighted by Gasteiger charge is -2.06. The molecule has 3 rings (SSSR count). The van der Waals surface area contributed by atoms with E-state index in [2.05, 4.69) is 26.0 Å². The van der Waals surface area contributed by atoms with Gasteiger partial charge >= 0.3 is 0 Å². The van der Waals surface area contributed by atoms with E-state index in [9.17, 15) is 4.39 Å². The number of fused-ring (bicyclic) bond motifs is 1. The summed E-state index contributed by atoms with van der Waals surface area (Å²) >= 11 is 3.21. The smallest absolute Gasteiger partial charge is 0.245 e. The Hall–Kier alpha value is -1.95. The molecule has 0 radical (unpaired) electrons. The summed E-state index contributed by atoms with van der Waals surface area (Å²) in [6.07, 6.45) is 4.93. The predicted molar refractivity (Wildman–Crippen MR) is 67.2 cm³/mol. The van der Waals surface area contributed by atoms with E-state index in [4.69, 9.17) is 4.74 Å². The van der Waals surface area contributed by atoms with Gasteiger partial charge in [0.2, 0.25) is 5.88 Å². The number of ether oxygens (including phenoxy) is 1. The van der Waals surface area contributed by atoms with Gasteiger partial charge in [-0.1, -0.05) is 15.9 Å². The number of hydrogen-bond donors (Lipinski definition) is 0. The van der Waals surface area contributed by atoms with Crippen molar-refractivity contribution in [3.05, 3.63) is 53.1 Å². The fraction of sp³-hybridized carbons (Fsp3) is 0. The van der Waals surface area contributed by atoms with Gasteiger partial charge in [0.1, 0.15) is 17.1 Å². The first-order valence-corrected chi connectivity index (χ1v) is 5.94. The van der Waals surface area contributed by atoms with Crippen LogP contribution in [0.3, 0.4) is 0 Å². The fourth-order valence-electron chi connectivity index (χ4n) is 1.61. The first-order chi connectivity index (χ1) is 8.72. The van der Waals surface area contributed by atoms with Crippen LogP contribution in [0.2, 0.25) is 0 Å². The zero-order valence-corrected chi connectivity index (χ0v) is 10.6. The Balaban J connectivity index is 2.03. The minimum atomic E-state index is -0.375. The fourth-order valence-corrected chi connectivity index (χ4v) is 2.05. The van der Waals surface area contributed by atoms with Crippen molar-refractivity contribution < 1.29 is 9.13 Å². The minimum Gasteiger partial charge on any atom is -0.437 e. The third-order valence-corrected chi connectivity index (χ3v) is 2.80. The van der Waals surface area contributed by atoms with Gasteiger partial charge in [0.25, 0.3) is 0 Å². The summed E-state index contributed by atoms with van der Waals surface area (Å²) in [6.45, 7) is 0. The van der Waals surface area contributed by atoms with Gasteiger partial charge in [-0.3, -0.25) is 0 Å². The molecule has 4 nitrogen and oxygen atoms in total. The Labute approximate surface area is 110 Å². The van der Waals surface area contributed by atoms with Gasteiger partial charge in [-0.05, 0) is 18.2 Å². The van der Waals surface area contributed by atoms with Crippen molar-refractivity contribution in [3.8, 4) is 11.6 Å². The molecule has 0 atom stereocenters. The molecule has 0 saturated carbocycles. The molecule has 6 heteroatoms. The summed E-state index contributed by atoms with van der Waals surface area (Å²) in [5.74, 6) is 0.385. The molecule has 0 amide bonds. The molecule has 2 aromatic heterocycles. The molecule has 0 saturated heterocycles. The molecule has 1 aromatic carbocycles. The van der Waals surface area contributed by atoms with E-state index in [1.807, 2.05) is 0 Å². The third kappa shape index (κ3) is 2.06. The van der Waals surface area contributed by atoms with E-state index >= 15 is 0 Å². The Morgan fingerprint density at radius 1 is 1.22 bits per heavy atom. The van der Waals surface area contributed by atoms with Gasteiger partial charge in [0.15, 0.2) is 0 Å². The van der Waals surface area contributed by atoms with Gasteiger partial charge in [-0.2, -0.15) is 5.10 Å². The van der Waals surface area contributed by atoms with Crippen molar-refractivity contribution in [2.45, 2.75) is 0 Å². The summed E-state index contributed by atoms with van der Waals surface area (Å²) < 4.78 is 21.1. The first kappa shape index (κ1) is 11.2. The Kier molecular flexibility index (Phi) is 2.71. The van der Waals surface area contributed by atoms with Gasteiger partial charge in [-0.15, -0.1) is 0 Å². The van der Waals surface area contributed by atoms with E-state index in [0.29, 0.717) is 16.1 Å². The molecule has 0 N–H and O–H groups in total. The molecule has 18 heavy (non-hydrogen) atoms. The zero-order chi connectivity index (χ0) is 12.5. The van der Waals surface area contributed by atoms with Crippen LogP contribution < -0.4 is 4.74 Å². The average Bonchev–Trinajstić information content (AvgIpc) is 2.76. The molecule has 0 fully saturated rings. The first-order valence-electron chi connectivity index (χ1n) is 5.15. The maximum Gasteiger partial charge on any atom is 0.245 e. The van der Waals surface area contributed by atoms with Crippen molar-refractivity contribution in [1.82, 2.24) is 14.6 Å². The third-order valence-electron chi connectivity index (χ3n) is 2.34. The molecule has 0 bridgehead atoms. The van der Waals surface area contributed by atoms with Crippen LogP contribution in [0.4, 0.5) is 4.39 Å². The lowest BCUT2D eigenvalue weighted by Crippen LogP contribution is -1.94. The van der Waals surface area contributed by atoms with Crippen LogP contribution in [0.15, 0.2) is 47.3 Å². The minimum absolute atomic E-state index is 0.375. The van der Waals surface area contributed by atoms with E-state index in [-0.39, 0.29) is 5.82 Å². The van der Waals surface area contributed by atoms with Crippen molar-refractivity contribution in [2.75, 3.05) is 0 Å². The second-order valence-corrected chi connectivity index (χ2v) is 4.52. The average molecular weight is 308 g/mol. The number of rotatable bonds is 2. The van der Waals surface area contributed by atoms with Gasteiger partial charge in [0.05, 0.1) is 6.20 Å². The maximum absolute atomic E-state index is 13.2. The highest BCUT2D eigenvalue weighted by Crippen LogP contribution is 2.26. The number of benzene rings is 1. The highest BCUT2D eigenvalue weighted by molar-refractivity contribution is 9.10. The molecule has 0 aliphatic rings. The summed E-state index contributed by atoms with van der Waals surface area (Å²) in [5, 5.41) is 4.07. The molecule has 0 aliphatic heterocycles. The van der Waals surface area contributed by atoms with Gasteiger partial charge < -0.3 is 4.74 Å². The van der Waals surface area contributed by atoms with E-state index in [1.54, 1.807) is 35.2 Å². The number of halogens is 2. The van der Waals surface area contributed by atoms with Crippen molar-refractivity contribution in [2.24, 2.45) is 0 Å². The largest absolute Gasteiger partial charge is 0.437 e. The molecular formula is C12H7BrFN3O. The standard InChI is InChI=1S/C12H7BrFN3O/c13-8-5-9(14)7-10(6-8)18-12-11-1-2-16-17(11)4-3-15-12/h1-7H. The molecule has 3 aromatic rings. The lowest BCUT2D eigenvalue weighted by atomic mass is 10.3. The van der Waals surface area contributed by atoms with E-state index in [1.165, 1.54) is 12.1 Å². The quantitative estimate of drug-likeness (QED) is 0.728. The molecule has 90 valence electrons. The van der Waals surface area contributed by atoms with Gasteiger partial charge in [0, 0.05) is 22.9 Å². The van der Waals surface area contributed by atoms with Crippen LogP contribution in [-0.2, 0) is 0 Å². The van der Waals surface area contributed by atoms with Crippen LogP contribution in [0.1, 0.15) is 0 Å². The van der Waals surface area contributed by atoms with Crippen LogP contribution >= 0.6 is 15.9 Å². The predicted octanol–water partition coefficient (Wildman–Crippen LogP) is 3.42. The second-order valence-electron chi connectivity index (χ2n) is 3.60. The Bertz CT molecular complexity index is 693. The monoisotopic (exact) mass is 307 g/mol. The van der Waals surface area contributed by atoms with Crippen molar-refractivity contribution in [3.63, 3.8) is 0 Å². The Morgan fingerprint density at radius 2 is 2.11 bits per heavy atom. The maximum atomic E-state index is 13.2. The SMILES string of the molecule is Fc1cc(Br)cc(Oc2nccn3nccc23)c1. The Morgan fingerprint density at radius 3 is 2.94 bits per heavy atom. The van der Waals surface area contributed by atoms with Crippen molar-refractivity contribution in [1.29, 1.82) is 0 Å². The zero-order valence-electron chi connectivity index (χ0n) is 9.05. The molecule has 0 unspecified atom stereocenters. The van der Waals surface area contributed by atoms with Crippen LogP contribution in [0.25, 0.3) is 5.52 Å². The summed E-state index contributed by atoms with van der Waals surface area (Å²) in [4.78, 5) is 4.11. The lowest BCUT2D eigenvalue weighted by molar-refractivity contribution is 0.460. The summed E-state index contributed by atoms with van der Waals surface area (Å²) in [7, 11) is 0. The second kappa shape index (κ2) is 4.38. The number of nitrogens with zero attached hydrogens (tertiary/aromatic N) is 3. The van der Waals surface area contributed by atoms with E-state index < -0.39 is 0 Å². The number of aromatic nitrogens is 3. The van der Waals surface area contributed by atoms with Crippen molar-refractivity contribution >= 4 is 21.4 Å². The summed E-state index contributed by atoms with van der Waals surface area (Å²) in [5.41, 5.74) is 0.720. The van der Waals surface area contributed by atoms with E-state index in [0.717, 1.165) is 5.52 Å². The summed E-state index contributed by atoms with van der Waals surface area (Å²) in [6, 6.07) is 6.10. The van der Waals surface area contributed by atoms with Crippen LogP contribution in [0.5, 0.6) is 11.6 Å². The topological polar surface area (TPSA) is 39.4 Å². The highest BCUT2D eigenvalue weighted by atomic mass is 79.9. The highest BCUT2D eigenvalue weighted by Gasteiger charge is 2.07.